The lowest BCUT2D eigenvalue weighted by Gasteiger charge is -2.29. The average Bonchev–Trinajstić information content (AvgIpc) is 2.17. The molecule has 1 amide bonds. The van der Waals surface area contributed by atoms with Gasteiger partial charge in [0, 0.05) is 5.54 Å². The maximum atomic E-state index is 11.3. The number of hydrogen-bond donors (Lipinski definition) is 1. The van der Waals surface area contributed by atoms with E-state index in [2.05, 4.69) is 39.6 Å². The van der Waals surface area contributed by atoms with Crippen LogP contribution in [0.5, 0.6) is 0 Å². The number of hydrogen-bond acceptors (Lipinski definition) is 1. The van der Waals surface area contributed by atoms with E-state index in [0.717, 1.165) is 18.8 Å². The summed E-state index contributed by atoms with van der Waals surface area (Å²) in [4.78, 5) is 11.3. The van der Waals surface area contributed by atoms with E-state index in [1.165, 1.54) is 18.9 Å². The quantitative estimate of drug-likeness (QED) is 0.643. The monoisotopic (exact) mass is 211 g/mol. The van der Waals surface area contributed by atoms with Crippen molar-refractivity contribution >= 4 is 5.91 Å². The molecule has 2 heteroatoms. The van der Waals surface area contributed by atoms with E-state index in [9.17, 15) is 4.79 Å². The first kappa shape index (κ1) is 14.2. The summed E-state index contributed by atoms with van der Waals surface area (Å²) in [6.07, 6.45) is 5.74. The molecule has 2 nitrogen and oxygen atoms in total. The number of carbonyl (C=O) groups excluding carboxylic acids is 1. The molecule has 15 heavy (non-hydrogen) atoms. The van der Waals surface area contributed by atoms with Gasteiger partial charge in [0.1, 0.15) is 0 Å². The number of nitrogens with one attached hydrogen (secondary N) is 1. The normalized spacial score (nSPS) is 14.7. The Morgan fingerprint density at radius 3 is 2.53 bits per heavy atom. The molecule has 1 unspecified atom stereocenters. The molecule has 0 bridgehead atoms. The minimum Gasteiger partial charge on any atom is -0.347 e. The summed E-state index contributed by atoms with van der Waals surface area (Å²) in [5.41, 5.74) is -0.0693. The molecule has 88 valence electrons. The lowest BCUT2D eigenvalue weighted by Crippen LogP contribution is -2.44. The van der Waals surface area contributed by atoms with Crippen LogP contribution in [0.3, 0.4) is 0 Å². The fourth-order valence-corrected chi connectivity index (χ4v) is 1.58. The second kappa shape index (κ2) is 6.65. The Kier molecular flexibility index (Phi) is 6.30. The summed E-state index contributed by atoms with van der Waals surface area (Å²) >= 11 is 0. The second-order valence-electron chi connectivity index (χ2n) is 4.89. The van der Waals surface area contributed by atoms with E-state index in [1.54, 1.807) is 0 Å². The van der Waals surface area contributed by atoms with E-state index in [-0.39, 0.29) is 11.4 Å². The van der Waals surface area contributed by atoms with Gasteiger partial charge in [-0.2, -0.15) is 0 Å². The van der Waals surface area contributed by atoms with Crippen LogP contribution in [0.25, 0.3) is 0 Å². The maximum absolute atomic E-state index is 11.3. The van der Waals surface area contributed by atoms with Crippen molar-refractivity contribution in [2.24, 2.45) is 5.92 Å². The topological polar surface area (TPSA) is 29.1 Å². The second-order valence-corrected chi connectivity index (χ2v) is 4.89. The van der Waals surface area contributed by atoms with Crippen molar-refractivity contribution in [3.8, 4) is 0 Å². The van der Waals surface area contributed by atoms with Crippen molar-refractivity contribution in [3.63, 3.8) is 0 Å². The van der Waals surface area contributed by atoms with E-state index < -0.39 is 0 Å². The van der Waals surface area contributed by atoms with Crippen LogP contribution in [0.1, 0.15) is 53.4 Å². The highest BCUT2D eigenvalue weighted by molar-refractivity contribution is 5.87. The minimum absolute atomic E-state index is 0.0658. The number of rotatable bonds is 7. The largest absolute Gasteiger partial charge is 0.347 e. The summed E-state index contributed by atoms with van der Waals surface area (Å²) in [6.45, 7) is 12.1. The molecule has 0 saturated heterocycles. The van der Waals surface area contributed by atoms with Gasteiger partial charge in [0.2, 0.25) is 5.91 Å². The fourth-order valence-electron chi connectivity index (χ4n) is 1.58. The third-order valence-corrected chi connectivity index (χ3v) is 2.90. The van der Waals surface area contributed by atoms with Crippen LogP contribution < -0.4 is 5.32 Å². The van der Waals surface area contributed by atoms with Gasteiger partial charge in [-0.25, -0.2) is 0 Å². The molecule has 0 radical (unpaired) electrons. The number of amides is 1. The highest BCUT2D eigenvalue weighted by Crippen LogP contribution is 2.19. The highest BCUT2D eigenvalue weighted by Gasteiger charge is 2.22. The van der Waals surface area contributed by atoms with Crippen molar-refractivity contribution in [2.45, 2.75) is 58.9 Å². The molecule has 0 aliphatic rings. The van der Waals surface area contributed by atoms with Gasteiger partial charge in [0.05, 0.1) is 0 Å². The minimum atomic E-state index is -0.0693. The molecule has 0 heterocycles. The summed E-state index contributed by atoms with van der Waals surface area (Å²) < 4.78 is 0. The van der Waals surface area contributed by atoms with Gasteiger partial charge in [-0.05, 0) is 31.8 Å². The summed E-state index contributed by atoms with van der Waals surface area (Å²) in [7, 11) is 0. The first-order valence-electron chi connectivity index (χ1n) is 5.88. The Balaban J connectivity index is 4.06. The lowest BCUT2D eigenvalue weighted by atomic mass is 9.90. The van der Waals surface area contributed by atoms with Gasteiger partial charge < -0.3 is 5.32 Å². The molecule has 0 aliphatic carbocycles. The molecule has 0 saturated carbocycles. The molecule has 1 N–H and O–H groups in total. The Hall–Kier alpha value is -0.790. The van der Waals surface area contributed by atoms with Crippen LogP contribution in [0.4, 0.5) is 0 Å². The Bertz CT molecular complexity index is 211. The molecular weight excluding hydrogens is 186 g/mol. The Labute approximate surface area is 94.1 Å². The van der Waals surface area contributed by atoms with Crippen molar-refractivity contribution in [2.75, 3.05) is 0 Å². The first-order chi connectivity index (χ1) is 6.93. The van der Waals surface area contributed by atoms with Crippen molar-refractivity contribution in [1.82, 2.24) is 5.32 Å². The average molecular weight is 211 g/mol. The lowest BCUT2D eigenvalue weighted by molar-refractivity contribution is -0.118. The first-order valence-corrected chi connectivity index (χ1v) is 5.88. The van der Waals surface area contributed by atoms with Gasteiger partial charge in [0.25, 0.3) is 0 Å². The van der Waals surface area contributed by atoms with Crippen LogP contribution in [-0.2, 0) is 4.79 Å². The fraction of sp³-hybridized carbons (Fsp3) is 0.769. The molecule has 0 aromatic carbocycles. The summed E-state index contributed by atoms with van der Waals surface area (Å²) in [5.74, 6) is 0.671. The molecule has 0 fully saturated rings. The van der Waals surface area contributed by atoms with Crippen molar-refractivity contribution in [1.29, 1.82) is 0 Å². The summed E-state index contributed by atoms with van der Waals surface area (Å²) in [5, 5.41) is 3.01. The van der Waals surface area contributed by atoms with E-state index in [0.29, 0.717) is 0 Å². The standard InChI is InChI=1S/C13H25NO/c1-6-12(15)14-13(5,7-2)10-8-9-11(3)4/h6,11H,1,7-10H2,2-5H3,(H,14,15). The van der Waals surface area contributed by atoms with E-state index in [4.69, 9.17) is 0 Å². The number of carbonyl (C=O) groups is 1. The molecule has 0 aromatic rings. The molecule has 1 atom stereocenters. The molecule has 0 spiro atoms. The third kappa shape index (κ3) is 6.32. The zero-order chi connectivity index (χ0) is 11.9. The van der Waals surface area contributed by atoms with Crippen molar-refractivity contribution in [3.05, 3.63) is 12.7 Å². The van der Waals surface area contributed by atoms with Crippen LogP contribution >= 0.6 is 0 Å². The Morgan fingerprint density at radius 1 is 1.53 bits per heavy atom. The van der Waals surface area contributed by atoms with Gasteiger partial charge in [-0.15, -0.1) is 0 Å². The molecule has 0 aliphatic heterocycles. The van der Waals surface area contributed by atoms with Crippen LogP contribution in [-0.4, -0.2) is 11.4 Å². The molecular formula is C13H25NO. The smallest absolute Gasteiger partial charge is 0.243 e. The Morgan fingerprint density at radius 2 is 2.13 bits per heavy atom. The predicted octanol–water partition coefficient (Wildman–Crippen LogP) is 3.28. The van der Waals surface area contributed by atoms with E-state index in [1.807, 2.05) is 0 Å². The SMILES string of the molecule is C=CC(=O)NC(C)(CC)CCCC(C)C. The highest BCUT2D eigenvalue weighted by atomic mass is 16.1. The molecule has 0 rings (SSSR count). The van der Waals surface area contributed by atoms with Crippen LogP contribution in [0.15, 0.2) is 12.7 Å². The maximum Gasteiger partial charge on any atom is 0.243 e. The molecule has 0 aromatic heterocycles. The van der Waals surface area contributed by atoms with Gasteiger partial charge in [-0.1, -0.05) is 40.2 Å². The third-order valence-electron chi connectivity index (χ3n) is 2.90. The van der Waals surface area contributed by atoms with Gasteiger partial charge in [0.15, 0.2) is 0 Å². The van der Waals surface area contributed by atoms with Gasteiger partial charge in [-0.3, -0.25) is 4.79 Å². The summed E-state index contributed by atoms with van der Waals surface area (Å²) in [6, 6.07) is 0. The zero-order valence-corrected chi connectivity index (χ0v) is 10.6. The predicted molar refractivity (Wildman–Crippen MR) is 65.7 cm³/mol. The zero-order valence-electron chi connectivity index (χ0n) is 10.6. The van der Waals surface area contributed by atoms with Crippen LogP contribution in [0.2, 0.25) is 0 Å². The van der Waals surface area contributed by atoms with Crippen molar-refractivity contribution < 1.29 is 4.79 Å². The van der Waals surface area contributed by atoms with Crippen LogP contribution in [0, 0.1) is 5.92 Å². The van der Waals surface area contributed by atoms with E-state index >= 15 is 0 Å². The van der Waals surface area contributed by atoms with Gasteiger partial charge >= 0.3 is 0 Å².